The standard InChI is InChI=1S/C31H30F4N2O/c1-29-14-15-30(31(33,34)35,38-20-21-6-3-2-4-7-21)18-24(29)9-5-8-22-17-28-23(16-27(22)29)19-36-37(28)26-12-10-25(32)11-13-26/h2-4,6-7,10-13,16-17,19,24H,5,8-9,14-15,18,20H2,1H3/t24-,29+,30-/m1/s1. The normalized spacial score (nSPS) is 25.6. The van der Waals surface area contributed by atoms with Crippen molar-refractivity contribution in [1.29, 1.82) is 0 Å². The van der Waals surface area contributed by atoms with Crippen LogP contribution in [0.15, 0.2) is 72.9 Å². The van der Waals surface area contributed by atoms with Gasteiger partial charge in [-0.05, 0) is 103 Å². The lowest BCUT2D eigenvalue weighted by Crippen LogP contribution is -2.55. The number of rotatable bonds is 4. The van der Waals surface area contributed by atoms with Gasteiger partial charge in [0.1, 0.15) is 5.82 Å². The van der Waals surface area contributed by atoms with Crippen molar-refractivity contribution in [2.24, 2.45) is 5.92 Å². The van der Waals surface area contributed by atoms with Gasteiger partial charge >= 0.3 is 6.18 Å². The van der Waals surface area contributed by atoms with E-state index < -0.39 is 11.8 Å². The molecule has 1 aromatic heterocycles. The highest BCUT2D eigenvalue weighted by molar-refractivity contribution is 5.82. The minimum Gasteiger partial charge on any atom is -0.361 e. The molecule has 6 rings (SSSR count). The van der Waals surface area contributed by atoms with Crippen molar-refractivity contribution in [2.75, 3.05) is 0 Å². The molecule has 38 heavy (non-hydrogen) atoms. The van der Waals surface area contributed by atoms with E-state index in [2.05, 4.69) is 24.2 Å². The van der Waals surface area contributed by atoms with E-state index in [1.165, 1.54) is 12.1 Å². The summed E-state index contributed by atoms with van der Waals surface area (Å²) in [5.41, 5.74) is 2.20. The maximum Gasteiger partial charge on any atom is 0.417 e. The number of hydrogen-bond acceptors (Lipinski definition) is 2. The van der Waals surface area contributed by atoms with E-state index in [1.54, 1.807) is 35.1 Å². The molecule has 0 saturated heterocycles. The van der Waals surface area contributed by atoms with Crippen LogP contribution in [0.4, 0.5) is 17.6 Å². The first kappa shape index (κ1) is 25.1. The van der Waals surface area contributed by atoms with E-state index in [9.17, 15) is 17.6 Å². The van der Waals surface area contributed by atoms with Gasteiger partial charge in [-0.2, -0.15) is 18.3 Å². The third-order valence-electron chi connectivity index (χ3n) is 8.88. The lowest BCUT2D eigenvalue weighted by atomic mass is 9.58. The highest BCUT2D eigenvalue weighted by Gasteiger charge is 2.61. The Morgan fingerprint density at radius 1 is 1.03 bits per heavy atom. The van der Waals surface area contributed by atoms with Crippen LogP contribution in [0.5, 0.6) is 0 Å². The van der Waals surface area contributed by atoms with Crippen LogP contribution in [0.2, 0.25) is 0 Å². The maximum atomic E-state index is 14.6. The molecule has 0 N–H and O–H groups in total. The molecule has 7 heteroatoms. The third kappa shape index (κ3) is 4.21. The molecule has 0 spiro atoms. The van der Waals surface area contributed by atoms with Crippen LogP contribution < -0.4 is 0 Å². The minimum absolute atomic E-state index is 0.0356. The predicted octanol–water partition coefficient (Wildman–Crippen LogP) is 8.08. The number of nitrogens with zero attached hydrogens (tertiary/aromatic N) is 2. The fourth-order valence-corrected chi connectivity index (χ4v) is 6.62. The molecule has 2 aliphatic rings. The van der Waals surface area contributed by atoms with Crippen molar-refractivity contribution in [3.63, 3.8) is 0 Å². The second-order valence-electron chi connectivity index (χ2n) is 11.1. The zero-order valence-corrected chi connectivity index (χ0v) is 21.3. The SMILES string of the molecule is C[C@]12CC[C@](OCc3ccccc3)(C(F)(F)F)C[C@H]1CCCc1cc3c(cnn3-c3ccc(F)cc3)cc12. The Kier molecular flexibility index (Phi) is 6.10. The summed E-state index contributed by atoms with van der Waals surface area (Å²) in [6.07, 6.45) is -0.0258. The molecule has 3 aromatic carbocycles. The smallest absolute Gasteiger partial charge is 0.361 e. The molecule has 0 bridgehead atoms. The summed E-state index contributed by atoms with van der Waals surface area (Å²) in [7, 11) is 0. The van der Waals surface area contributed by atoms with Crippen molar-refractivity contribution >= 4 is 10.9 Å². The van der Waals surface area contributed by atoms with Crippen LogP contribution in [0.1, 0.15) is 55.7 Å². The topological polar surface area (TPSA) is 27.1 Å². The van der Waals surface area contributed by atoms with Gasteiger partial charge in [-0.25, -0.2) is 9.07 Å². The fourth-order valence-electron chi connectivity index (χ4n) is 6.62. The average molecular weight is 523 g/mol. The monoisotopic (exact) mass is 522 g/mol. The number of ether oxygens (including phenoxy) is 1. The number of aromatic nitrogens is 2. The Morgan fingerprint density at radius 2 is 1.79 bits per heavy atom. The average Bonchev–Trinajstić information content (AvgIpc) is 3.25. The highest BCUT2D eigenvalue weighted by atomic mass is 19.4. The molecule has 3 atom stereocenters. The molecule has 0 amide bonds. The van der Waals surface area contributed by atoms with E-state index in [0.717, 1.165) is 52.5 Å². The lowest BCUT2D eigenvalue weighted by Gasteiger charge is -2.50. The summed E-state index contributed by atoms with van der Waals surface area (Å²) < 4.78 is 64.9. The Labute approximate surface area is 219 Å². The lowest BCUT2D eigenvalue weighted by molar-refractivity contribution is -0.300. The molecule has 2 aliphatic carbocycles. The van der Waals surface area contributed by atoms with E-state index in [1.807, 2.05) is 18.2 Å². The summed E-state index contributed by atoms with van der Waals surface area (Å²) in [5.74, 6) is -0.461. The zero-order chi connectivity index (χ0) is 26.5. The molecule has 0 radical (unpaired) electrons. The van der Waals surface area contributed by atoms with Crippen LogP contribution in [-0.4, -0.2) is 21.6 Å². The molecule has 3 nitrogen and oxygen atoms in total. The molecular formula is C31H30F4N2O. The Morgan fingerprint density at radius 3 is 2.53 bits per heavy atom. The number of halogens is 4. The van der Waals surface area contributed by atoms with Crippen LogP contribution in [-0.2, 0) is 23.2 Å². The van der Waals surface area contributed by atoms with Gasteiger partial charge in [0.05, 0.1) is 24.0 Å². The van der Waals surface area contributed by atoms with Crippen LogP contribution in [0.3, 0.4) is 0 Å². The predicted molar refractivity (Wildman–Crippen MR) is 139 cm³/mol. The van der Waals surface area contributed by atoms with Crippen LogP contribution >= 0.6 is 0 Å². The largest absolute Gasteiger partial charge is 0.417 e. The van der Waals surface area contributed by atoms with Gasteiger partial charge in [0, 0.05) is 5.39 Å². The van der Waals surface area contributed by atoms with Crippen molar-refractivity contribution in [3.05, 3.63) is 95.4 Å². The molecule has 198 valence electrons. The Bertz CT molecular complexity index is 1450. The van der Waals surface area contributed by atoms with Gasteiger partial charge in [0.25, 0.3) is 0 Å². The van der Waals surface area contributed by atoms with E-state index in [0.29, 0.717) is 6.42 Å². The second kappa shape index (κ2) is 9.23. The van der Waals surface area contributed by atoms with Crippen molar-refractivity contribution < 1.29 is 22.3 Å². The van der Waals surface area contributed by atoms with Crippen molar-refractivity contribution in [1.82, 2.24) is 9.78 Å². The quantitative estimate of drug-likeness (QED) is 0.253. The first-order valence-electron chi connectivity index (χ1n) is 13.2. The van der Waals surface area contributed by atoms with Gasteiger partial charge in [-0.1, -0.05) is 37.3 Å². The zero-order valence-electron chi connectivity index (χ0n) is 21.3. The molecule has 0 aliphatic heterocycles. The summed E-state index contributed by atoms with van der Waals surface area (Å²) in [4.78, 5) is 0. The number of alkyl halides is 3. The van der Waals surface area contributed by atoms with Gasteiger partial charge in [0.15, 0.2) is 5.60 Å². The molecule has 1 fully saturated rings. The molecule has 1 saturated carbocycles. The molecule has 4 aromatic rings. The van der Waals surface area contributed by atoms with Crippen molar-refractivity contribution in [3.8, 4) is 5.69 Å². The van der Waals surface area contributed by atoms with E-state index >= 15 is 0 Å². The van der Waals surface area contributed by atoms with Crippen molar-refractivity contribution in [2.45, 2.75) is 69.2 Å². The summed E-state index contributed by atoms with van der Waals surface area (Å²) in [5, 5.41) is 5.48. The minimum atomic E-state index is -4.45. The molecule has 0 unspecified atom stereocenters. The van der Waals surface area contributed by atoms with Gasteiger partial charge < -0.3 is 4.74 Å². The summed E-state index contributed by atoms with van der Waals surface area (Å²) in [6, 6.07) is 19.5. The van der Waals surface area contributed by atoms with E-state index in [-0.39, 0.29) is 36.6 Å². The highest BCUT2D eigenvalue weighted by Crippen LogP contribution is 2.57. The number of aryl methyl sites for hydroxylation is 1. The Hall–Kier alpha value is -3.19. The molecular weight excluding hydrogens is 492 g/mol. The fraction of sp³-hybridized carbons (Fsp3) is 0.387. The summed E-state index contributed by atoms with van der Waals surface area (Å²) >= 11 is 0. The van der Waals surface area contributed by atoms with Crippen LogP contribution in [0, 0.1) is 11.7 Å². The second-order valence-corrected chi connectivity index (χ2v) is 11.1. The number of hydrogen-bond donors (Lipinski definition) is 0. The number of benzene rings is 3. The van der Waals surface area contributed by atoms with Gasteiger partial charge in [-0.3, -0.25) is 0 Å². The first-order chi connectivity index (χ1) is 18.2. The number of fused-ring (bicyclic) bond motifs is 4. The summed E-state index contributed by atoms with van der Waals surface area (Å²) in [6.45, 7) is 2.08. The van der Waals surface area contributed by atoms with Crippen LogP contribution in [0.25, 0.3) is 16.6 Å². The van der Waals surface area contributed by atoms with Gasteiger partial charge in [0.2, 0.25) is 0 Å². The third-order valence-corrected chi connectivity index (χ3v) is 8.88. The molecule has 1 heterocycles. The van der Waals surface area contributed by atoms with Gasteiger partial charge in [-0.15, -0.1) is 0 Å². The van der Waals surface area contributed by atoms with E-state index in [4.69, 9.17) is 4.74 Å². The Balaban J connectivity index is 1.35. The first-order valence-corrected chi connectivity index (χ1v) is 13.2. The maximum absolute atomic E-state index is 14.6.